The Morgan fingerprint density at radius 1 is 1.41 bits per heavy atom. The minimum absolute atomic E-state index is 0.137. The number of primary amides is 1. The van der Waals surface area contributed by atoms with Crippen molar-refractivity contribution in [3.8, 4) is 0 Å². The fourth-order valence-electron chi connectivity index (χ4n) is 1.72. The van der Waals surface area contributed by atoms with Crippen LogP contribution in [0.25, 0.3) is 0 Å². The lowest BCUT2D eigenvalue weighted by Gasteiger charge is -2.32. The van der Waals surface area contributed by atoms with Gasteiger partial charge in [0.25, 0.3) is 0 Å². The molecule has 0 saturated heterocycles. The lowest BCUT2D eigenvalue weighted by atomic mass is 10.4. The topological polar surface area (TPSA) is 115 Å². The monoisotopic (exact) mass is 329 g/mol. The van der Waals surface area contributed by atoms with E-state index in [9.17, 15) is 9.59 Å². The molecule has 10 heteroatoms. The van der Waals surface area contributed by atoms with E-state index in [1.54, 1.807) is 6.08 Å². The molecule has 0 bridgehead atoms. The molecule has 1 aliphatic rings. The molecule has 0 radical (unpaired) electrons. The van der Waals surface area contributed by atoms with Crippen LogP contribution in [-0.2, 0) is 4.79 Å². The largest absolute Gasteiger partial charge is 0.357 e. The number of nitrogens with two attached hydrogens (primary N) is 1. The molecule has 1 rings (SSSR count). The molecule has 0 aromatic heterocycles. The second-order valence-electron chi connectivity index (χ2n) is 4.27. The summed E-state index contributed by atoms with van der Waals surface area (Å²) in [6.45, 7) is 8.23. The molecule has 2 amide bonds. The molecule has 0 aliphatic carbocycles. The fourth-order valence-corrected chi connectivity index (χ4v) is 2.39. The van der Waals surface area contributed by atoms with Crippen molar-refractivity contribution in [3.05, 3.63) is 11.9 Å². The molecule has 5 N–H and O–H groups in total. The van der Waals surface area contributed by atoms with E-state index < -0.39 is 6.03 Å². The molecule has 0 unspecified atom stereocenters. The van der Waals surface area contributed by atoms with Crippen molar-refractivity contribution in [2.45, 2.75) is 20.8 Å². The van der Waals surface area contributed by atoms with Gasteiger partial charge in [0.15, 0.2) is 0 Å². The van der Waals surface area contributed by atoms with E-state index in [0.717, 1.165) is 30.7 Å². The second kappa shape index (κ2) is 9.15. The third kappa shape index (κ3) is 5.82. The van der Waals surface area contributed by atoms with Gasteiger partial charge < -0.3 is 16.0 Å². The summed E-state index contributed by atoms with van der Waals surface area (Å²) in [6.07, 6.45) is 1.80. The van der Waals surface area contributed by atoms with E-state index in [-0.39, 0.29) is 11.7 Å². The number of hydrazine groups is 2. The number of urea groups is 1. The number of nitrogens with zero attached hydrogens (tertiary/aromatic N) is 3. The van der Waals surface area contributed by atoms with E-state index in [1.165, 1.54) is 5.23 Å². The highest BCUT2D eigenvalue weighted by molar-refractivity contribution is 8.26. The first-order chi connectivity index (χ1) is 10.5. The summed E-state index contributed by atoms with van der Waals surface area (Å²) in [5.74, 6) is 0.846. The normalized spacial score (nSPS) is 13.9. The van der Waals surface area contributed by atoms with Crippen LogP contribution in [0, 0.1) is 0 Å². The van der Waals surface area contributed by atoms with Crippen molar-refractivity contribution in [1.29, 1.82) is 0 Å². The van der Waals surface area contributed by atoms with Crippen molar-refractivity contribution in [2.75, 3.05) is 26.2 Å². The van der Waals surface area contributed by atoms with E-state index in [1.807, 2.05) is 20.8 Å². The first-order valence-corrected chi connectivity index (χ1v) is 7.91. The maximum absolute atomic E-state index is 11.8. The van der Waals surface area contributed by atoms with Crippen LogP contribution in [0.2, 0.25) is 0 Å². The fraction of sp³-hybridized carbons (Fsp3) is 0.583. The van der Waals surface area contributed by atoms with Gasteiger partial charge in [-0.15, -0.1) is 10.3 Å². The predicted octanol–water partition coefficient (Wildman–Crippen LogP) is -0.244. The number of carbonyl (C=O) groups is 2. The maximum atomic E-state index is 11.8. The Kier molecular flexibility index (Phi) is 7.54. The SMILES string of the molecule is CCNN1N=C(SC(=O)CNC(N)=O)C=C(N(CC)CC)N1. The molecular formula is C12H23N7O2S. The number of hydrogen-bond donors (Lipinski definition) is 4. The second-order valence-corrected chi connectivity index (χ2v) is 5.34. The first kappa shape index (κ1) is 18.1. The van der Waals surface area contributed by atoms with Gasteiger partial charge in [-0.1, -0.05) is 6.92 Å². The number of thioether (sulfide) groups is 1. The Bertz CT molecular complexity index is 462. The van der Waals surface area contributed by atoms with Crippen molar-refractivity contribution in [1.82, 2.24) is 26.3 Å². The Labute approximate surface area is 134 Å². The van der Waals surface area contributed by atoms with Gasteiger partial charge in [0.05, 0.1) is 6.54 Å². The summed E-state index contributed by atoms with van der Waals surface area (Å²) in [5, 5.41) is 8.29. The van der Waals surface area contributed by atoms with E-state index in [4.69, 9.17) is 5.73 Å². The minimum Gasteiger partial charge on any atom is -0.357 e. The quantitative estimate of drug-likeness (QED) is 0.509. The number of nitrogens with one attached hydrogen (secondary N) is 3. The molecule has 1 aliphatic heterocycles. The highest BCUT2D eigenvalue weighted by atomic mass is 32.2. The minimum atomic E-state index is -0.727. The van der Waals surface area contributed by atoms with Gasteiger partial charge in [-0.3, -0.25) is 10.2 Å². The van der Waals surface area contributed by atoms with Crippen LogP contribution in [0.5, 0.6) is 0 Å². The van der Waals surface area contributed by atoms with Crippen LogP contribution in [0.4, 0.5) is 4.79 Å². The summed E-state index contributed by atoms with van der Waals surface area (Å²) in [7, 11) is 0. The third-order valence-electron chi connectivity index (χ3n) is 2.72. The summed E-state index contributed by atoms with van der Waals surface area (Å²) in [4.78, 5) is 24.5. The molecule has 0 aromatic carbocycles. The Balaban J connectivity index is 2.78. The van der Waals surface area contributed by atoms with Crippen molar-refractivity contribution < 1.29 is 9.59 Å². The average molecular weight is 329 g/mol. The Morgan fingerprint density at radius 2 is 2.09 bits per heavy atom. The average Bonchev–Trinajstić information content (AvgIpc) is 2.46. The zero-order valence-electron chi connectivity index (χ0n) is 13.0. The molecule has 124 valence electrons. The molecule has 0 saturated carbocycles. The van der Waals surface area contributed by atoms with Gasteiger partial charge in [0.1, 0.15) is 10.9 Å². The summed E-state index contributed by atoms with van der Waals surface area (Å²) < 4.78 is 0. The first-order valence-electron chi connectivity index (χ1n) is 7.09. The smallest absolute Gasteiger partial charge is 0.312 e. The van der Waals surface area contributed by atoms with Gasteiger partial charge in [0.2, 0.25) is 5.12 Å². The van der Waals surface area contributed by atoms with Crippen molar-refractivity contribution in [2.24, 2.45) is 10.8 Å². The van der Waals surface area contributed by atoms with Crippen LogP contribution in [0.3, 0.4) is 0 Å². The van der Waals surface area contributed by atoms with Crippen LogP contribution < -0.4 is 21.9 Å². The molecule has 9 nitrogen and oxygen atoms in total. The van der Waals surface area contributed by atoms with E-state index in [2.05, 4.69) is 26.2 Å². The zero-order valence-corrected chi connectivity index (χ0v) is 13.9. The molecule has 22 heavy (non-hydrogen) atoms. The number of hydrogen-bond acceptors (Lipinski definition) is 8. The van der Waals surface area contributed by atoms with E-state index in [0.29, 0.717) is 11.6 Å². The van der Waals surface area contributed by atoms with Gasteiger partial charge in [-0.2, -0.15) is 5.43 Å². The van der Waals surface area contributed by atoms with Gasteiger partial charge in [-0.25, -0.2) is 4.79 Å². The number of carbonyl (C=O) groups excluding carboxylic acids is 2. The van der Waals surface area contributed by atoms with Gasteiger partial charge in [-0.05, 0) is 25.6 Å². The predicted molar refractivity (Wildman–Crippen MR) is 87.3 cm³/mol. The maximum Gasteiger partial charge on any atom is 0.312 e. The lowest BCUT2D eigenvalue weighted by molar-refractivity contribution is -0.110. The summed E-state index contributed by atoms with van der Waals surface area (Å²) in [5.41, 5.74) is 11.1. The number of amides is 2. The van der Waals surface area contributed by atoms with Crippen LogP contribution >= 0.6 is 11.8 Å². The highest BCUT2D eigenvalue weighted by Crippen LogP contribution is 2.15. The summed E-state index contributed by atoms with van der Waals surface area (Å²) in [6, 6.07) is -0.727. The number of rotatable bonds is 7. The molecule has 0 aromatic rings. The molecule has 0 fully saturated rings. The van der Waals surface area contributed by atoms with Gasteiger partial charge >= 0.3 is 6.03 Å². The van der Waals surface area contributed by atoms with E-state index >= 15 is 0 Å². The number of hydrazone groups is 1. The van der Waals surface area contributed by atoms with Crippen molar-refractivity contribution >= 4 is 28.0 Å². The van der Waals surface area contributed by atoms with Crippen LogP contribution in [0.15, 0.2) is 17.0 Å². The Hall–Kier alpha value is -1.94. The molecule has 0 atom stereocenters. The standard InChI is InChI=1S/C12H23N7O2S/c1-4-15-19-16-9(18(5-2)6-3)7-10(17-19)22-11(20)8-14-12(13)21/h7,15-16H,4-6,8H2,1-3H3,(H3,13,14,21). The molecular weight excluding hydrogens is 306 g/mol. The lowest BCUT2D eigenvalue weighted by Crippen LogP contribution is -2.49. The highest BCUT2D eigenvalue weighted by Gasteiger charge is 2.18. The zero-order chi connectivity index (χ0) is 16.5. The Morgan fingerprint density at radius 3 is 2.64 bits per heavy atom. The van der Waals surface area contributed by atoms with Crippen LogP contribution in [0.1, 0.15) is 20.8 Å². The third-order valence-corrected chi connectivity index (χ3v) is 3.50. The van der Waals surface area contributed by atoms with Crippen molar-refractivity contribution in [3.63, 3.8) is 0 Å². The molecule has 0 spiro atoms. The molecule has 1 heterocycles. The van der Waals surface area contributed by atoms with Gasteiger partial charge in [0, 0.05) is 25.7 Å². The summed E-state index contributed by atoms with van der Waals surface area (Å²) >= 11 is 0.950. The van der Waals surface area contributed by atoms with Crippen LogP contribution in [-0.4, -0.2) is 52.5 Å².